The Hall–Kier alpha value is -5.58. The van der Waals surface area contributed by atoms with Gasteiger partial charge in [0.05, 0.1) is 5.69 Å². The van der Waals surface area contributed by atoms with Crippen LogP contribution in [0, 0.1) is 0 Å². The highest BCUT2D eigenvalue weighted by Crippen LogP contribution is 2.47. The summed E-state index contributed by atoms with van der Waals surface area (Å²) in [6, 6.07) is 55.6. The van der Waals surface area contributed by atoms with Gasteiger partial charge in [-0.2, -0.15) is 0 Å². The van der Waals surface area contributed by atoms with E-state index in [1.165, 1.54) is 82.2 Å². The van der Waals surface area contributed by atoms with Gasteiger partial charge < -0.3 is 9.80 Å². The summed E-state index contributed by atoms with van der Waals surface area (Å²) in [6.45, 7) is 0.126. The van der Waals surface area contributed by atoms with E-state index in [1.807, 2.05) is 11.3 Å². The molecule has 0 amide bonds. The summed E-state index contributed by atoms with van der Waals surface area (Å²) in [4.78, 5) is 5.08. The number of anilines is 5. The fourth-order valence-electron chi connectivity index (χ4n) is 8.02. The molecule has 0 unspecified atom stereocenters. The number of fused-ring (bicyclic) bond motifs is 6. The molecule has 1 aromatic heterocycles. The number of hydrogen-bond donors (Lipinski definition) is 0. The van der Waals surface area contributed by atoms with E-state index in [4.69, 9.17) is 0 Å². The van der Waals surface area contributed by atoms with Gasteiger partial charge in [0.15, 0.2) is 0 Å². The van der Waals surface area contributed by atoms with Gasteiger partial charge >= 0.3 is 0 Å². The Morgan fingerprint density at radius 3 is 2.04 bits per heavy atom. The minimum absolute atomic E-state index is 0.126. The van der Waals surface area contributed by atoms with Crippen LogP contribution < -0.4 is 25.5 Å². The van der Waals surface area contributed by atoms with Crippen LogP contribution in [0.3, 0.4) is 0 Å². The fraction of sp³-hybridized carbons (Fsp3) is 0.0455. The molecule has 4 heteroatoms. The summed E-state index contributed by atoms with van der Waals surface area (Å²) in [5, 5.41) is 1.31. The van der Waals surface area contributed by atoms with E-state index in [1.54, 1.807) is 0 Å². The molecule has 2 nitrogen and oxygen atoms in total. The molecule has 0 N–H and O–H groups in total. The average molecular weight is 631 g/mol. The molecule has 2 aliphatic heterocycles. The van der Waals surface area contributed by atoms with Gasteiger partial charge in [0, 0.05) is 43.3 Å². The minimum atomic E-state index is 0.126. The SMILES string of the molecule is C1=C(c2ccccc2)CCC=C1N1c2cc(-c3ccccc3)ccc2B2c3sc4ccccc4c3N(c3ccccc3)c3cccc1c32. The topological polar surface area (TPSA) is 6.48 Å². The first-order valence-electron chi connectivity index (χ1n) is 16.8. The van der Waals surface area contributed by atoms with Crippen molar-refractivity contribution in [1.82, 2.24) is 0 Å². The second kappa shape index (κ2) is 11.0. The maximum atomic E-state index is 2.56. The van der Waals surface area contributed by atoms with Crippen LogP contribution in [-0.4, -0.2) is 6.71 Å². The van der Waals surface area contributed by atoms with Crippen LogP contribution in [0.2, 0.25) is 0 Å². The van der Waals surface area contributed by atoms with Crippen molar-refractivity contribution in [2.45, 2.75) is 12.8 Å². The summed E-state index contributed by atoms with van der Waals surface area (Å²) < 4.78 is 2.74. The molecule has 0 saturated heterocycles. The van der Waals surface area contributed by atoms with Crippen LogP contribution in [0.4, 0.5) is 28.4 Å². The Morgan fingerprint density at radius 1 is 0.562 bits per heavy atom. The second-order valence-corrected chi connectivity index (χ2v) is 13.9. The van der Waals surface area contributed by atoms with Crippen molar-refractivity contribution in [3.63, 3.8) is 0 Å². The van der Waals surface area contributed by atoms with Gasteiger partial charge in [-0.15, -0.1) is 11.3 Å². The summed E-state index contributed by atoms with van der Waals surface area (Å²) in [5.74, 6) is 0. The average Bonchev–Trinajstić information content (AvgIpc) is 3.55. The molecule has 6 aromatic carbocycles. The molecule has 0 atom stereocenters. The third-order valence-corrected chi connectivity index (χ3v) is 11.3. The van der Waals surface area contributed by atoms with Crippen molar-refractivity contribution < 1.29 is 0 Å². The maximum Gasteiger partial charge on any atom is 0.264 e. The molecule has 7 aromatic rings. The number of nitrogens with zero attached hydrogens (tertiary/aromatic N) is 2. The lowest BCUT2D eigenvalue weighted by Gasteiger charge is -2.43. The van der Waals surface area contributed by atoms with E-state index in [0.717, 1.165) is 12.8 Å². The van der Waals surface area contributed by atoms with Gasteiger partial charge in [-0.1, -0.05) is 121 Å². The summed E-state index contributed by atoms with van der Waals surface area (Å²) >= 11 is 1.95. The Labute approximate surface area is 285 Å². The number of hydrogen-bond acceptors (Lipinski definition) is 3. The first-order chi connectivity index (χ1) is 23.8. The van der Waals surface area contributed by atoms with E-state index in [2.05, 4.69) is 174 Å². The van der Waals surface area contributed by atoms with Crippen LogP contribution in [0.15, 0.2) is 170 Å². The maximum absolute atomic E-state index is 2.56. The molecule has 0 saturated carbocycles. The van der Waals surface area contributed by atoms with Crippen LogP contribution in [0.25, 0.3) is 26.8 Å². The van der Waals surface area contributed by atoms with Crippen molar-refractivity contribution >= 4 is 77.8 Å². The lowest BCUT2D eigenvalue weighted by atomic mass is 9.36. The molecule has 0 radical (unpaired) electrons. The van der Waals surface area contributed by atoms with Gasteiger partial charge in [0.1, 0.15) is 0 Å². The summed E-state index contributed by atoms with van der Waals surface area (Å²) in [7, 11) is 0. The molecular weight excluding hydrogens is 599 g/mol. The van der Waals surface area contributed by atoms with Gasteiger partial charge in [0.2, 0.25) is 0 Å². The van der Waals surface area contributed by atoms with Gasteiger partial charge in [-0.05, 0) is 88.5 Å². The molecule has 10 rings (SSSR count). The van der Waals surface area contributed by atoms with Crippen molar-refractivity contribution in [3.8, 4) is 11.1 Å². The lowest BCUT2D eigenvalue weighted by molar-refractivity contribution is 1.01. The van der Waals surface area contributed by atoms with E-state index in [-0.39, 0.29) is 6.71 Å². The zero-order valence-corrected chi connectivity index (χ0v) is 27.2. The van der Waals surface area contributed by atoms with Crippen LogP contribution in [-0.2, 0) is 0 Å². The number of para-hydroxylation sites is 1. The molecular formula is C44H31BN2S. The number of thiophene rings is 1. The van der Waals surface area contributed by atoms with Crippen LogP contribution in [0.5, 0.6) is 0 Å². The molecule has 226 valence electrons. The molecule has 0 fully saturated rings. The zero-order valence-electron chi connectivity index (χ0n) is 26.4. The third-order valence-electron chi connectivity index (χ3n) is 10.1. The highest BCUT2D eigenvalue weighted by atomic mass is 32.1. The van der Waals surface area contributed by atoms with Gasteiger partial charge in [-0.25, -0.2) is 0 Å². The van der Waals surface area contributed by atoms with Crippen LogP contribution >= 0.6 is 11.3 Å². The number of allylic oxidation sites excluding steroid dienone is 3. The molecule has 0 spiro atoms. The molecule has 3 heterocycles. The quantitative estimate of drug-likeness (QED) is 0.179. The summed E-state index contributed by atoms with van der Waals surface area (Å²) in [5.41, 5.74) is 15.4. The highest BCUT2D eigenvalue weighted by molar-refractivity contribution is 7.33. The van der Waals surface area contributed by atoms with Crippen LogP contribution in [0.1, 0.15) is 18.4 Å². The van der Waals surface area contributed by atoms with E-state index < -0.39 is 0 Å². The normalized spacial score (nSPS) is 14.6. The standard InChI is InChI=1S/C44H31BN2S/c1-4-14-30(15-5-1)32-18-12-21-35(28-32)46-38-23-13-24-39-42(38)45(37-27-26-33(29-40(37)46)31-16-6-2-7-17-31)44-43(36-22-10-11-25-41(36)48-44)47(39)34-19-8-3-9-20-34/h1-11,13-17,19-29H,12,18H2. The van der Waals surface area contributed by atoms with E-state index >= 15 is 0 Å². The smallest absolute Gasteiger partial charge is 0.264 e. The predicted octanol–water partition coefficient (Wildman–Crippen LogP) is 10.1. The number of benzene rings is 6. The third kappa shape index (κ3) is 4.19. The predicted molar refractivity (Wildman–Crippen MR) is 207 cm³/mol. The lowest BCUT2D eigenvalue weighted by Crippen LogP contribution is -2.60. The van der Waals surface area contributed by atoms with Crippen molar-refractivity contribution in [3.05, 3.63) is 175 Å². The van der Waals surface area contributed by atoms with Crippen molar-refractivity contribution in [1.29, 1.82) is 0 Å². The molecule has 0 bridgehead atoms. The second-order valence-electron chi connectivity index (χ2n) is 12.8. The van der Waals surface area contributed by atoms with E-state index in [0.29, 0.717) is 0 Å². The zero-order chi connectivity index (χ0) is 31.6. The van der Waals surface area contributed by atoms with E-state index in [9.17, 15) is 0 Å². The van der Waals surface area contributed by atoms with Crippen molar-refractivity contribution in [2.75, 3.05) is 9.80 Å². The first kappa shape index (κ1) is 27.5. The van der Waals surface area contributed by atoms with Gasteiger partial charge in [0.25, 0.3) is 6.71 Å². The fourth-order valence-corrected chi connectivity index (χ4v) is 9.34. The highest BCUT2D eigenvalue weighted by Gasteiger charge is 2.45. The summed E-state index contributed by atoms with van der Waals surface area (Å²) in [6.07, 6.45) is 6.92. The first-order valence-corrected chi connectivity index (χ1v) is 17.6. The molecule has 3 aliphatic rings. The Kier molecular flexibility index (Phi) is 6.31. The van der Waals surface area contributed by atoms with Crippen molar-refractivity contribution in [2.24, 2.45) is 0 Å². The minimum Gasteiger partial charge on any atom is -0.312 e. The Bertz CT molecular complexity index is 2410. The monoisotopic (exact) mass is 630 g/mol. The Morgan fingerprint density at radius 2 is 1.25 bits per heavy atom. The molecule has 1 aliphatic carbocycles. The largest absolute Gasteiger partial charge is 0.312 e. The van der Waals surface area contributed by atoms with Gasteiger partial charge in [-0.3, -0.25) is 0 Å². The molecule has 48 heavy (non-hydrogen) atoms. The Balaban J connectivity index is 1.26. The number of rotatable bonds is 4.